The topological polar surface area (TPSA) is 32.3 Å². The number of hydrogen-bond donors (Lipinski definition) is 1. The van der Waals surface area contributed by atoms with Crippen LogP contribution in [0.2, 0.25) is 0 Å². The second-order valence-corrected chi connectivity index (χ2v) is 5.96. The van der Waals surface area contributed by atoms with Crippen molar-refractivity contribution >= 4 is 5.91 Å². The standard InChI is InChI=1S/C15H28N2O/c1-13(15(18)17-11-7-4-8-12-17)16-14-9-5-2-3-6-10-14/h13-14,16H,2-12H2,1H3. The van der Waals surface area contributed by atoms with Gasteiger partial charge in [-0.1, -0.05) is 25.7 Å². The average Bonchev–Trinajstić information content (AvgIpc) is 2.67. The molecule has 0 bridgehead atoms. The van der Waals surface area contributed by atoms with Crippen LogP contribution in [0, 0.1) is 0 Å². The van der Waals surface area contributed by atoms with Gasteiger partial charge in [0.05, 0.1) is 6.04 Å². The number of rotatable bonds is 3. The van der Waals surface area contributed by atoms with E-state index in [1.807, 2.05) is 6.92 Å². The van der Waals surface area contributed by atoms with Gasteiger partial charge in [-0.3, -0.25) is 4.79 Å². The fourth-order valence-electron chi connectivity index (χ4n) is 3.26. The Morgan fingerprint density at radius 3 is 2.17 bits per heavy atom. The summed E-state index contributed by atoms with van der Waals surface area (Å²) in [6.45, 7) is 3.98. The van der Waals surface area contributed by atoms with Crippen molar-refractivity contribution in [3.8, 4) is 0 Å². The lowest BCUT2D eigenvalue weighted by molar-refractivity contribution is -0.134. The molecule has 0 aromatic heterocycles. The Bertz CT molecular complexity index is 253. The van der Waals surface area contributed by atoms with Crippen molar-refractivity contribution in [1.82, 2.24) is 10.2 Å². The predicted octanol–water partition coefficient (Wildman–Crippen LogP) is 2.70. The molecule has 1 amide bonds. The zero-order chi connectivity index (χ0) is 12.8. The van der Waals surface area contributed by atoms with Crippen LogP contribution in [0.1, 0.15) is 64.7 Å². The normalized spacial score (nSPS) is 24.6. The van der Waals surface area contributed by atoms with Crippen LogP contribution in [0.5, 0.6) is 0 Å². The van der Waals surface area contributed by atoms with Crippen molar-refractivity contribution in [2.75, 3.05) is 13.1 Å². The number of amides is 1. The van der Waals surface area contributed by atoms with Crippen molar-refractivity contribution in [1.29, 1.82) is 0 Å². The molecular weight excluding hydrogens is 224 g/mol. The number of likely N-dealkylation sites (tertiary alicyclic amines) is 1. The highest BCUT2D eigenvalue weighted by molar-refractivity contribution is 5.81. The quantitative estimate of drug-likeness (QED) is 0.783. The molecule has 3 nitrogen and oxygen atoms in total. The number of carbonyl (C=O) groups excluding carboxylic acids is 1. The van der Waals surface area contributed by atoms with Crippen molar-refractivity contribution in [3.05, 3.63) is 0 Å². The van der Waals surface area contributed by atoms with Gasteiger partial charge in [-0.2, -0.15) is 0 Å². The van der Waals surface area contributed by atoms with Gasteiger partial charge in [0, 0.05) is 19.1 Å². The third-order valence-electron chi connectivity index (χ3n) is 4.38. The zero-order valence-electron chi connectivity index (χ0n) is 11.8. The molecule has 2 rings (SSSR count). The van der Waals surface area contributed by atoms with Gasteiger partial charge in [0.1, 0.15) is 0 Å². The molecule has 0 spiro atoms. The van der Waals surface area contributed by atoms with Crippen LogP contribution in [0.4, 0.5) is 0 Å². The molecule has 0 aromatic carbocycles. The lowest BCUT2D eigenvalue weighted by Gasteiger charge is -2.31. The molecule has 2 fully saturated rings. The van der Waals surface area contributed by atoms with E-state index in [0.29, 0.717) is 11.9 Å². The Labute approximate surface area is 111 Å². The first kappa shape index (κ1) is 13.9. The molecule has 1 saturated carbocycles. The molecule has 1 atom stereocenters. The number of nitrogens with one attached hydrogen (secondary N) is 1. The number of carbonyl (C=O) groups is 1. The van der Waals surface area contributed by atoms with Gasteiger partial charge >= 0.3 is 0 Å². The maximum Gasteiger partial charge on any atom is 0.239 e. The van der Waals surface area contributed by atoms with Gasteiger partial charge in [-0.15, -0.1) is 0 Å². The molecular formula is C15H28N2O. The van der Waals surface area contributed by atoms with Crippen LogP contribution in [-0.2, 0) is 4.79 Å². The number of hydrogen-bond acceptors (Lipinski definition) is 2. The molecule has 104 valence electrons. The molecule has 3 heteroatoms. The van der Waals surface area contributed by atoms with Crippen LogP contribution in [0.25, 0.3) is 0 Å². The molecule has 1 aliphatic carbocycles. The third kappa shape index (κ3) is 3.98. The van der Waals surface area contributed by atoms with Crippen LogP contribution >= 0.6 is 0 Å². The van der Waals surface area contributed by atoms with Crippen LogP contribution < -0.4 is 5.32 Å². The van der Waals surface area contributed by atoms with Gasteiger partial charge in [-0.05, 0) is 39.0 Å². The summed E-state index contributed by atoms with van der Waals surface area (Å²) in [5, 5.41) is 3.56. The van der Waals surface area contributed by atoms with E-state index < -0.39 is 0 Å². The predicted molar refractivity (Wildman–Crippen MR) is 74.5 cm³/mol. The van der Waals surface area contributed by atoms with Crippen molar-refractivity contribution < 1.29 is 4.79 Å². The Kier molecular flexibility index (Phi) is 5.48. The molecule has 1 saturated heterocycles. The first-order valence-corrected chi connectivity index (χ1v) is 7.82. The van der Waals surface area contributed by atoms with E-state index in [4.69, 9.17) is 0 Å². The Balaban J connectivity index is 1.78. The van der Waals surface area contributed by atoms with Crippen LogP contribution in [-0.4, -0.2) is 36.0 Å². The van der Waals surface area contributed by atoms with E-state index >= 15 is 0 Å². The second kappa shape index (κ2) is 7.13. The van der Waals surface area contributed by atoms with E-state index in [1.165, 1.54) is 57.8 Å². The zero-order valence-corrected chi connectivity index (χ0v) is 11.8. The summed E-state index contributed by atoms with van der Waals surface area (Å²) in [4.78, 5) is 14.4. The maximum absolute atomic E-state index is 12.3. The smallest absolute Gasteiger partial charge is 0.239 e. The lowest BCUT2D eigenvalue weighted by atomic mass is 10.1. The highest BCUT2D eigenvalue weighted by Gasteiger charge is 2.24. The van der Waals surface area contributed by atoms with Crippen molar-refractivity contribution in [3.63, 3.8) is 0 Å². The van der Waals surface area contributed by atoms with Gasteiger partial charge in [0.15, 0.2) is 0 Å². The van der Waals surface area contributed by atoms with E-state index in [9.17, 15) is 4.79 Å². The fraction of sp³-hybridized carbons (Fsp3) is 0.933. The summed E-state index contributed by atoms with van der Waals surface area (Å²) in [6.07, 6.45) is 11.5. The second-order valence-electron chi connectivity index (χ2n) is 5.96. The third-order valence-corrected chi connectivity index (χ3v) is 4.38. The van der Waals surface area contributed by atoms with Gasteiger partial charge in [0.25, 0.3) is 0 Å². The lowest BCUT2D eigenvalue weighted by Crippen LogP contribution is -2.49. The van der Waals surface area contributed by atoms with E-state index in [2.05, 4.69) is 10.2 Å². The summed E-state index contributed by atoms with van der Waals surface area (Å²) < 4.78 is 0. The van der Waals surface area contributed by atoms with E-state index in [0.717, 1.165) is 13.1 Å². The number of piperidine rings is 1. The summed E-state index contributed by atoms with van der Waals surface area (Å²) in [5.74, 6) is 0.318. The SMILES string of the molecule is CC(NC1CCCCCC1)C(=O)N1CCCCC1. The molecule has 2 aliphatic rings. The van der Waals surface area contributed by atoms with Gasteiger partial charge in [-0.25, -0.2) is 0 Å². The first-order chi connectivity index (χ1) is 8.77. The van der Waals surface area contributed by atoms with Crippen molar-refractivity contribution in [2.45, 2.75) is 76.8 Å². The van der Waals surface area contributed by atoms with E-state index in [1.54, 1.807) is 0 Å². The molecule has 1 aliphatic heterocycles. The minimum atomic E-state index is 0.00574. The highest BCUT2D eigenvalue weighted by atomic mass is 16.2. The summed E-state index contributed by atoms with van der Waals surface area (Å²) in [5.41, 5.74) is 0. The minimum Gasteiger partial charge on any atom is -0.341 e. The van der Waals surface area contributed by atoms with Gasteiger partial charge in [0.2, 0.25) is 5.91 Å². The minimum absolute atomic E-state index is 0.00574. The van der Waals surface area contributed by atoms with Gasteiger partial charge < -0.3 is 10.2 Å². The molecule has 18 heavy (non-hydrogen) atoms. The maximum atomic E-state index is 12.3. The first-order valence-electron chi connectivity index (χ1n) is 7.82. The van der Waals surface area contributed by atoms with Crippen LogP contribution in [0.3, 0.4) is 0 Å². The Morgan fingerprint density at radius 2 is 1.56 bits per heavy atom. The summed E-state index contributed by atoms with van der Waals surface area (Å²) >= 11 is 0. The number of nitrogens with zero attached hydrogens (tertiary/aromatic N) is 1. The summed E-state index contributed by atoms with van der Waals surface area (Å²) in [7, 11) is 0. The van der Waals surface area contributed by atoms with Crippen molar-refractivity contribution in [2.24, 2.45) is 0 Å². The Morgan fingerprint density at radius 1 is 1.00 bits per heavy atom. The average molecular weight is 252 g/mol. The molecule has 1 N–H and O–H groups in total. The highest BCUT2D eigenvalue weighted by Crippen LogP contribution is 2.18. The largest absolute Gasteiger partial charge is 0.341 e. The van der Waals surface area contributed by atoms with E-state index in [-0.39, 0.29) is 6.04 Å². The molecule has 0 aromatic rings. The molecule has 1 heterocycles. The Hall–Kier alpha value is -0.570. The fourth-order valence-corrected chi connectivity index (χ4v) is 3.26. The molecule has 1 unspecified atom stereocenters. The van der Waals surface area contributed by atoms with Crippen LogP contribution in [0.15, 0.2) is 0 Å². The molecule has 0 radical (unpaired) electrons. The summed E-state index contributed by atoms with van der Waals surface area (Å²) in [6, 6.07) is 0.572. The monoisotopic (exact) mass is 252 g/mol.